The van der Waals surface area contributed by atoms with Crippen LogP contribution in [-0.2, 0) is 6.42 Å². The second-order valence-corrected chi connectivity index (χ2v) is 7.40. The molecule has 1 unspecified atom stereocenters. The highest BCUT2D eigenvalue weighted by molar-refractivity contribution is 9.10. The van der Waals surface area contributed by atoms with Gasteiger partial charge in [-0.05, 0) is 48.9 Å². The molecule has 1 aliphatic rings. The summed E-state index contributed by atoms with van der Waals surface area (Å²) in [6, 6.07) is 11.4. The molecule has 0 radical (unpaired) electrons. The molecule has 0 spiro atoms. The fourth-order valence-electron chi connectivity index (χ4n) is 3.11. The number of aromatic nitrogens is 2. The Morgan fingerprint density at radius 3 is 2.52 bits per heavy atom. The Hall–Kier alpha value is -0.610. The highest BCUT2D eigenvalue weighted by atomic mass is 79.9. The van der Waals surface area contributed by atoms with Crippen LogP contribution in [0.1, 0.15) is 48.9 Å². The van der Waals surface area contributed by atoms with Crippen LogP contribution < -0.4 is 0 Å². The molecule has 1 atom stereocenters. The smallest absolute Gasteiger partial charge is 0.0631 e. The van der Waals surface area contributed by atoms with Crippen molar-refractivity contribution in [3.63, 3.8) is 0 Å². The van der Waals surface area contributed by atoms with Gasteiger partial charge in [0.05, 0.1) is 11.7 Å². The number of rotatable bonds is 5. The lowest BCUT2D eigenvalue weighted by Crippen LogP contribution is -2.08. The summed E-state index contributed by atoms with van der Waals surface area (Å²) >= 11 is 7.15. The van der Waals surface area contributed by atoms with Gasteiger partial charge in [0.25, 0.3) is 0 Å². The van der Waals surface area contributed by atoms with Gasteiger partial charge in [-0.3, -0.25) is 4.68 Å². The quantitative estimate of drug-likeness (QED) is 0.595. The number of hydrogen-bond acceptors (Lipinski definition) is 1. The van der Waals surface area contributed by atoms with Crippen molar-refractivity contribution in [1.29, 1.82) is 0 Å². The molecule has 0 aliphatic heterocycles. The van der Waals surface area contributed by atoms with E-state index >= 15 is 0 Å². The lowest BCUT2D eigenvalue weighted by molar-refractivity contribution is 0.462. The predicted octanol–water partition coefficient (Wildman–Crippen LogP) is 5.48. The van der Waals surface area contributed by atoms with Crippen molar-refractivity contribution in [3.8, 4) is 0 Å². The summed E-state index contributed by atoms with van der Waals surface area (Å²) in [4.78, 5) is 0. The lowest BCUT2D eigenvalue weighted by Gasteiger charge is -2.14. The molecule has 1 aliphatic carbocycles. The SMILES string of the molecule is BrCC(Cc1ccn(C2CCCC2)n1)c1ccc(Br)cc1. The van der Waals surface area contributed by atoms with Crippen molar-refractivity contribution in [2.75, 3.05) is 5.33 Å². The maximum absolute atomic E-state index is 4.81. The van der Waals surface area contributed by atoms with Gasteiger partial charge in [-0.15, -0.1) is 0 Å². The number of hydrogen-bond donors (Lipinski definition) is 0. The first kappa shape index (κ1) is 15.3. The summed E-state index contributed by atoms with van der Waals surface area (Å²) in [6.07, 6.45) is 8.43. The zero-order valence-electron chi connectivity index (χ0n) is 12.0. The van der Waals surface area contributed by atoms with Crippen LogP contribution in [0.15, 0.2) is 41.0 Å². The molecule has 1 saturated carbocycles. The molecular formula is C17H20Br2N2. The van der Waals surface area contributed by atoms with Crippen molar-refractivity contribution < 1.29 is 0 Å². The molecule has 0 bridgehead atoms. The predicted molar refractivity (Wildman–Crippen MR) is 94.1 cm³/mol. The summed E-state index contributed by atoms with van der Waals surface area (Å²) in [5.74, 6) is 0.477. The van der Waals surface area contributed by atoms with Crippen LogP contribution in [0.25, 0.3) is 0 Å². The highest BCUT2D eigenvalue weighted by Gasteiger charge is 2.19. The zero-order chi connectivity index (χ0) is 14.7. The monoisotopic (exact) mass is 410 g/mol. The Balaban J connectivity index is 1.70. The minimum Gasteiger partial charge on any atom is -0.269 e. The number of benzene rings is 1. The van der Waals surface area contributed by atoms with Gasteiger partial charge >= 0.3 is 0 Å². The van der Waals surface area contributed by atoms with Gasteiger partial charge in [0.1, 0.15) is 0 Å². The second-order valence-electron chi connectivity index (χ2n) is 5.83. The molecule has 112 valence electrons. The van der Waals surface area contributed by atoms with E-state index in [9.17, 15) is 0 Å². The second kappa shape index (κ2) is 7.10. The van der Waals surface area contributed by atoms with Crippen LogP contribution in [0, 0.1) is 0 Å². The zero-order valence-corrected chi connectivity index (χ0v) is 15.2. The first-order valence-corrected chi connectivity index (χ1v) is 9.53. The van der Waals surface area contributed by atoms with E-state index in [0.29, 0.717) is 12.0 Å². The van der Waals surface area contributed by atoms with Crippen molar-refractivity contribution in [3.05, 3.63) is 52.3 Å². The third-order valence-corrected chi connectivity index (χ3v) is 5.66. The van der Waals surface area contributed by atoms with E-state index in [1.54, 1.807) is 0 Å². The average molecular weight is 412 g/mol. The molecule has 1 aromatic heterocycles. The maximum Gasteiger partial charge on any atom is 0.0631 e. The molecule has 0 N–H and O–H groups in total. The number of alkyl halides is 1. The Morgan fingerprint density at radius 2 is 1.86 bits per heavy atom. The van der Waals surface area contributed by atoms with Crippen LogP contribution in [0.3, 0.4) is 0 Å². The van der Waals surface area contributed by atoms with Gasteiger partial charge in [0.2, 0.25) is 0 Å². The van der Waals surface area contributed by atoms with Crippen LogP contribution in [0.2, 0.25) is 0 Å². The van der Waals surface area contributed by atoms with Crippen LogP contribution in [-0.4, -0.2) is 15.1 Å². The van der Waals surface area contributed by atoms with Crippen molar-refractivity contribution in [2.45, 2.75) is 44.1 Å². The summed E-state index contributed by atoms with van der Waals surface area (Å²) < 4.78 is 3.32. The van der Waals surface area contributed by atoms with Crippen molar-refractivity contribution in [1.82, 2.24) is 9.78 Å². The van der Waals surface area contributed by atoms with Crippen molar-refractivity contribution in [2.24, 2.45) is 0 Å². The van der Waals surface area contributed by atoms with Gasteiger partial charge < -0.3 is 0 Å². The summed E-state index contributed by atoms with van der Waals surface area (Å²) in [5.41, 5.74) is 2.57. The molecule has 3 rings (SSSR count). The van der Waals surface area contributed by atoms with Crippen molar-refractivity contribution >= 4 is 31.9 Å². The van der Waals surface area contributed by atoms with Crippen LogP contribution in [0.5, 0.6) is 0 Å². The third-order valence-electron chi connectivity index (χ3n) is 4.35. The first-order valence-electron chi connectivity index (χ1n) is 7.61. The maximum atomic E-state index is 4.81. The first-order chi connectivity index (χ1) is 10.3. The standard InChI is InChI=1S/C17H20Br2N2/c18-12-14(13-5-7-15(19)8-6-13)11-16-9-10-21(20-16)17-3-1-2-4-17/h5-10,14,17H,1-4,11-12H2. The fraction of sp³-hybridized carbons (Fsp3) is 0.471. The minimum absolute atomic E-state index is 0.477. The Bertz CT molecular complexity index is 571. The van der Waals surface area contributed by atoms with Crippen LogP contribution in [0.4, 0.5) is 0 Å². The summed E-state index contributed by atoms with van der Waals surface area (Å²) in [7, 11) is 0. The normalized spacial score (nSPS) is 17.2. The molecular weight excluding hydrogens is 392 g/mol. The third kappa shape index (κ3) is 3.78. The topological polar surface area (TPSA) is 17.8 Å². The van der Waals surface area contributed by atoms with E-state index in [-0.39, 0.29) is 0 Å². The molecule has 1 aromatic carbocycles. The Labute approximate surface area is 143 Å². The largest absolute Gasteiger partial charge is 0.269 e. The fourth-order valence-corrected chi connectivity index (χ4v) is 3.97. The Morgan fingerprint density at radius 1 is 1.14 bits per heavy atom. The van der Waals surface area contributed by atoms with Gasteiger partial charge in [-0.1, -0.05) is 56.8 Å². The van der Waals surface area contributed by atoms with Gasteiger partial charge in [0.15, 0.2) is 0 Å². The van der Waals surface area contributed by atoms with Gasteiger partial charge in [-0.2, -0.15) is 5.10 Å². The molecule has 21 heavy (non-hydrogen) atoms. The molecule has 1 fully saturated rings. The van der Waals surface area contributed by atoms with Gasteiger partial charge in [0, 0.05) is 16.0 Å². The molecule has 2 nitrogen and oxygen atoms in total. The Kier molecular flexibility index (Phi) is 5.17. The number of halogens is 2. The molecule has 2 aromatic rings. The van der Waals surface area contributed by atoms with Gasteiger partial charge in [-0.25, -0.2) is 0 Å². The van der Waals surface area contributed by atoms with E-state index in [1.807, 2.05) is 0 Å². The molecule has 4 heteroatoms. The van der Waals surface area contributed by atoms with E-state index in [1.165, 1.54) is 36.9 Å². The number of nitrogens with zero attached hydrogens (tertiary/aromatic N) is 2. The highest BCUT2D eigenvalue weighted by Crippen LogP contribution is 2.29. The summed E-state index contributed by atoms with van der Waals surface area (Å²) in [5, 5.41) is 5.77. The minimum atomic E-state index is 0.477. The molecule has 1 heterocycles. The van der Waals surface area contributed by atoms with Crippen LogP contribution >= 0.6 is 31.9 Å². The molecule has 0 saturated heterocycles. The lowest BCUT2D eigenvalue weighted by atomic mass is 9.96. The summed E-state index contributed by atoms with van der Waals surface area (Å²) in [6.45, 7) is 0. The van der Waals surface area contributed by atoms with E-state index < -0.39 is 0 Å². The average Bonchev–Trinajstić information content (AvgIpc) is 3.17. The van der Waals surface area contributed by atoms with E-state index in [2.05, 4.69) is 73.1 Å². The van der Waals surface area contributed by atoms with E-state index in [4.69, 9.17) is 5.10 Å². The molecule has 0 amide bonds. The van der Waals surface area contributed by atoms with E-state index in [0.717, 1.165) is 16.2 Å².